The highest BCUT2D eigenvalue weighted by Crippen LogP contribution is 2.20. The second-order valence-corrected chi connectivity index (χ2v) is 2.97. The minimum atomic E-state index is -2.92. The quantitative estimate of drug-likeness (QED) is 0.439. The first-order chi connectivity index (χ1) is 6.12. The minimum Gasteiger partial charge on any atom is -0.192 e. The Hall–Kier alpha value is -1.02. The van der Waals surface area contributed by atoms with Crippen molar-refractivity contribution in [1.82, 2.24) is 0 Å². The number of alkyl halides is 2. The predicted molar refractivity (Wildman–Crippen MR) is 50.3 cm³/mol. The van der Waals surface area contributed by atoms with Crippen molar-refractivity contribution in [3.05, 3.63) is 0 Å². The summed E-state index contributed by atoms with van der Waals surface area (Å²) >= 11 is 0. The molecule has 0 spiro atoms. The van der Waals surface area contributed by atoms with E-state index in [9.17, 15) is 8.78 Å². The second kappa shape index (κ2) is 6.49. The maximum Gasteiger partial charge on any atom is 0.307 e. The van der Waals surface area contributed by atoms with Crippen molar-refractivity contribution in [1.29, 1.82) is 0 Å². The third-order valence-corrected chi connectivity index (χ3v) is 1.77. The van der Waals surface area contributed by atoms with E-state index in [1.807, 2.05) is 0 Å². The molecule has 0 fully saturated rings. The van der Waals surface area contributed by atoms with Gasteiger partial charge in [0, 0.05) is 12.8 Å². The maximum atomic E-state index is 12.5. The van der Waals surface area contributed by atoms with Gasteiger partial charge in [-0.3, -0.25) is 0 Å². The molecule has 0 nitrogen and oxygen atoms in total. The molecule has 0 amide bonds. The Balaban J connectivity index is 3.28. The van der Waals surface area contributed by atoms with E-state index in [1.165, 1.54) is 5.92 Å². The van der Waals surface area contributed by atoms with Gasteiger partial charge in [-0.2, -0.15) is 8.78 Å². The standard InChI is InChI=1S/C11H14F2/c1-3-5-6-7-8-9-10-11(12,13)4-2/h1-2H,5-10H2. The molecule has 0 bridgehead atoms. The van der Waals surface area contributed by atoms with Crippen molar-refractivity contribution in [2.45, 2.75) is 44.4 Å². The van der Waals surface area contributed by atoms with Crippen LogP contribution in [0.25, 0.3) is 0 Å². The second-order valence-electron chi connectivity index (χ2n) is 2.97. The molecule has 0 aromatic heterocycles. The average Bonchev–Trinajstić information content (AvgIpc) is 2.11. The van der Waals surface area contributed by atoms with Gasteiger partial charge in [0.2, 0.25) is 0 Å². The van der Waals surface area contributed by atoms with Crippen molar-refractivity contribution in [2.24, 2.45) is 0 Å². The zero-order valence-electron chi connectivity index (χ0n) is 7.65. The summed E-state index contributed by atoms with van der Waals surface area (Å²) in [5.41, 5.74) is 0. The van der Waals surface area contributed by atoms with E-state index in [-0.39, 0.29) is 6.42 Å². The molecule has 13 heavy (non-hydrogen) atoms. The largest absolute Gasteiger partial charge is 0.307 e. The minimum absolute atomic E-state index is 0.209. The number of terminal acetylenes is 2. The van der Waals surface area contributed by atoms with Crippen LogP contribution in [0.15, 0.2) is 0 Å². The number of halogens is 2. The summed E-state index contributed by atoms with van der Waals surface area (Å²) in [6, 6.07) is 0. The van der Waals surface area contributed by atoms with Crippen LogP contribution in [0.2, 0.25) is 0 Å². The molecule has 0 rings (SSSR count). The van der Waals surface area contributed by atoms with E-state index in [4.69, 9.17) is 6.42 Å². The van der Waals surface area contributed by atoms with E-state index in [0.29, 0.717) is 6.42 Å². The fourth-order valence-corrected chi connectivity index (χ4v) is 1.000. The molecular formula is C11H14F2. The highest BCUT2D eigenvalue weighted by Gasteiger charge is 2.23. The summed E-state index contributed by atoms with van der Waals surface area (Å²) in [6.07, 6.45) is 13.3. The van der Waals surface area contributed by atoms with Gasteiger partial charge in [0.25, 0.3) is 0 Å². The number of unbranched alkanes of at least 4 members (excludes halogenated alkanes) is 4. The predicted octanol–water partition coefficient (Wildman–Crippen LogP) is 3.23. The molecule has 0 saturated heterocycles. The van der Waals surface area contributed by atoms with Gasteiger partial charge >= 0.3 is 5.92 Å². The topological polar surface area (TPSA) is 0 Å². The van der Waals surface area contributed by atoms with E-state index in [1.54, 1.807) is 0 Å². The Morgan fingerprint density at radius 3 is 2.15 bits per heavy atom. The molecule has 2 heteroatoms. The Morgan fingerprint density at radius 2 is 1.62 bits per heavy atom. The monoisotopic (exact) mass is 184 g/mol. The lowest BCUT2D eigenvalue weighted by Gasteiger charge is -2.07. The van der Waals surface area contributed by atoms with Gasteiger partial charge in [0.15, 0.2) is 0 Å². The molecular weight excluding hydrogens is 170 g/mol. The molecule has 0 saturated carbocycles. The Morgan fingerprint density at radius 1 is 1.00 bits per heavy atom. The first kappa shape index (κ1) is 12.0. The van der Waals surface area contributed by atoms with Crippen LogP contribution in [-0.4, -0.2) is 5.92 Å². The smallest absolute Gasteiger partial charge is 0.192 e. The van der Waals surface area contributed by atoms with E-state index >= 15 is 0 Å². The molecule has 0 atom stereocenters. The van der Waals surface area contributed by atoms with E-state index < -0.39 is 5.92 Å². The first-order valence-corrected chi connectivity index (χ1v) is 4.41. The highest BCUT2D eigenvalue weighted by atomic mass is 19.3. The van der Waals surface area contributed by atoms with Crippen LogP contribution in [0.5, 0.6) is 0 Å². The molecule has 0 heterocycles. The lowest BCUT2D eigenvalue weighted by Crippen LogP contribution is -2.11. The van der Waals surface area contributed by atoms with Gasteiger partial charge in [-0.1, -0.05) is 12.8 Å². The normalized spacial score (nSPS) is 10.5. The van der Waals surface area contributed by atoms with Crippen LogP contribution in [-0.2, 0) is 0 Å². The van der Waals surface area contributed by atoms with Crippen molar-refractivity contribution < 1.29 is 8.78 Å². The van der Waals surface area contributed by atoms with Crippen molar-refractivity contribution in [2.75, 3.05) is 0 Å². The lowest BCUT2D eigenvalue weighted by molar-refractivity contribution is 0.0538. The van der Waals surface area contributed by atoms with E-state index in [2.05, 4.69) is 12.3 Å². The van der Waals surface area contributed by atoms with E-state index in [0.717, 1.165) is 25.7 Å². The van der Waals surface area contributed by atoms with Crippen molar-refractivity contribution >= 4 is 0 Å². The molecule has 0 aliphatic heterocycles. The van der Waals surface area contributed by atoms with Gasteiger partial charge in [-0.05, 0) is 18.8 Å². The summed E-state index contributed by atoms with van der Waals surface area (Å²) in [5.74, 6) is 1.06. The van der Waals surface area contributed by atoms with Gasteiger partial charge in [0.1, 0.15) is 0 Å². The molecule has 72 valence electrons. The van der Waals surface area contributed by atoms with Crippen LogP contribution in [0.1, 0.15) is 38.5 Å². The van der Waals surface area contributed by atoms with Gasteiger partial charge in [0.05, 0.1) is 0 Å². The number of hydrogen-bond donors (Lipinski definition) is 0. The first-order valence-electron chi connectivity index (χ1n) is 4.41. The van der Waals surface area contributed by atoms with Crippen LogP contribution in [0.3, 0.4) is 0 Å². The summed E-state index contributed by atoms with van der Waals surface area (Å²) in [4.78, 5) is 0. The molecule has 0 aliphatic rings. The SMILES string of the molecule is C#CCCCCCCC(F)(F)C#C. The van der Waals surface area contributed by atoms with Crippen molar-refractivity contribution in [3.63, 3.8) is 0 Å². The molecule has 0 aliphatic carbocycles. The molecule has 0 aromatic carbocycles. The highest BCUT2D eigenvalue weighted by molar-refractivity contribution is 5.00. The molecule has 0 radical (unpaired) electrons. The third-order valence-electron chi connectivity index (χ3n) is 1.77. The Labute approximate surface area is 78.7 Å². The van der Waals surface area contributed by atoms with Gasteiger partial charge in [-0.25, -0.2) is 0 Å². The van der Waals surface area contributed by atoms with Crippen LogP contribution >= 0.6 is 0 Å². The van der Waals surface area contributed by atoms with Crippen LogP contribution < -0.4 is 0 Å². The summed E-state index contributed by atoms with van der Waals surface area (Å²) in [6.45, 7) is 0. The van der Waals surface area contributed by atoms with Gasteiger partial charge < -0.3 is 0 Å². The fourth-order valence-electron chi connectivity index (χ4n) is 1.000. The Bertz CT molecular complexity index is 205. The van der Waals surface area contributed by atoms with Gasteiger partial charge in [-0.15, -0.1) is 18.8 Å². The molecule has 0 aromatic rings. The maximum absolute atomic E-state index is 12.5. The third kappa shape index (κ3) is 7.34. The average molecular weight is 184 g/mol. The number of rotatable bonds is 6. The summed E-state index contributed by atoms with van der Waals surface area (Å²) in [5, 5.41) is 0. The fraction of sp³-hybridized carbons (Fsp3) is 0.636. The summed E-state index contributed by atoms with van der Waals surface area (Å²) in [7, 11) is 0. The number of hydrogen-bond acceptors (Lipinski definition) is 0. The Kier molecular flexibility index (Phi) is 5.98. The van der Waals surface area contributed by atoms with Crippen molar-refractivity contribution in [3.8, 4) is 24.7 Å². The van der Waals surface area contributed by atoms with Crippen LogP contribution in [0.4, 0.5) is 8.78 Å². The summed E-state index contributed by atoms with van der Waals surface area (Å²) < 4.78 is 24.9. The zero-order chi connectivity index (χ0) is 10.2. The molecule has 0 N–H and O–H groups in total. The van der Waals surface area contributed by atoms with Crippen LogP contribution in [0, 0.1) is 24.7 Å². The lowest BCUT2D eigenvalue weighted by atomic mass is 10.1. The zero-order valence-corrected chi connectivity index (χ0v) is 7.65. The molecule has 0 unspecified atom stereocenters.